The Hall–Kier alpha value is -2.10. The lowest BCUT2D eigenvalue weighted by Crippen LogP contribution is -2.47. The third-order valence-electron chi connectivity index (χ3n) is 3.39. The number of hydrogen-bond donors (Lipinski definition) is 2. The molecule has 1 aromatic rings. The van der Waals surface area contributed by atoms with Crippen LogP contribution in [0.2, 0.25) is 0 Å². The van der Waals surface area contributed by atoms with Crippen LogP contribution in [0.1, 0.15) is 32.8 Å². The predicted octanol–water partition coefficient (Wildman–Crippen LogP) is 2.11. The average molecular weight is 274 g/mol. The largest absolute Gasteiger partial charge is 0.368 e. The van der Waals surface area contributed by atoms with Crippen LogP contribution in [0.5, 0.6) is 0 Å². The first-order valence-corrected chi connectivity index (χ1v) is 6.79. The lowest BCUT2D eigenvalue weighted by Gasteiger charge is -2.20. The van der Waals surface area contributed by atoms with E-state index < -0.39 is 11.9 Å². The average Bonchev–Trinajstić information content (AvgIpc) is 2.44. The van der Waals surface area contributed by atoms with E-state index in [1.165, 1.54) is 6.08 Å². The third-order valence-corrected chi connectivity index (χ3v) is 3.39. The van der Waals surface area contributed by atoms with Crippen molar-refractivity contribution in [1.82, 2.24) is 5.32 Å². The van der Waals surface area contributed by atoms with Crippen LogP contribution < -0.4 is 11.1 Å². The zero-order valence-electron chi connectivity index (χ0n) is 12.2. The van der Waals surface area contributed by atoms with Crippen LogP contribution in [-0.2, 0) is 9.59 Å². The van der Waals surface area contributed by atoms with Gasteiger partial charge in [-0.15, -0.1) is 0 Å². The molecule has 3 N–H and O–H groups in total. The molecule has 4 heteroatoms. The lowest BCUT2D eigenvalue weighted by molar-refractivity contribution is -0.126. The van der Waals surface area contributed by atoms with Crippen LogP contribution in [0.25, 0.3) is 5.57 Å². The second-order valence-corrected chi connectivity index (χ2v) is 4.97. The van der Waals surface area contributed by atoms with Gasteiger partial charge in [0.2, 0.25) is 11.8 Å². The van der Waals surface area contributed by atoms with Crippen LogP contribution in [0.4, 0.5) is 0 Å². The zero-order valence-corrected chi connectivity index (χ0v) is 12.2. The molecule has 1 rings (SSSR count). The SMILES string of the molecule is CCC(C)C(NC(=O)C=C(C)c1ccccc1)C(N)=O. The summed E-state index contributed by atoms with van der Waals surface area (Å²) in [5, 5.41) is 2.68. The number of carbonyl (C=O) groups is 2. The molecule has 108 valence electrons. The van der Waals surface area contributed by atoms with Crippen molar-refractivity contribution in [3.63, 3.8) is 0 Å². The van der Waals surface area contributed by atoms with Gasteiger partial charge in [-0.05, 0) is 24.0 Å². The zero-order chi connectivity index (χ0) is 15.1. The molecule has 0 aliphatic carbocycles. The van der Waals surface area contributed by atoms with Gasteiger partial charge in [-0.1, -0.05) is 50.6 Å². The Bertz CT molecular complexity index is 494. The molecule has 4 nitrogen and oxygen atoms in total. The number of allylic oxidation sites excluding steroid dienone is 1. The topological polar surface area (TPSA) is 72.2 Å². The summed E-state index contributed by atoms with van der Waals surface area (Å²) in [5.74, 6) is -0.782. The minimum Gasteiger partial charge on any atom is -0.368 e. The Morgan fingerprint density at radius 1 is 1.30 bits per heavy atom. The molecule has 0 spiro atoms. The summed E-state index contributed by atoms with van der Waals surface area (Å²) in [7, 11) is 0. The third kappa shape index (κ3) is 4.53. The van der Waals surface area contributed by atoms with E-state index in [1.54, 1.807) is 0 Å². The summed E-state index contributed by atoms with van der Waals surface area (Å²) in [4.78, 5) is 23.3. The maximum absolute atomic E-state index is 12.0. The Morgan fingerprint density at radius 3 is 2.40 bits per heavy atom. The highest BCUT2D eigenvalue weighted by molar-refractivity contribution is 5.97. The fraction of sp³-hybridized carbons (Fsp3) is 0.375. The van der Waals surface area contributed by atoms with E-state index in [2.05, 4.69) is 5.32 Å². The van der Waals surface area contributed by atoms with Gasteiger partial charge in [0.1, 0.15) is 6.04 Å². The van der Waals surface area contributed by atoms with Gasteiger partial charge in [0, 0.05) is 6.08 Å². The number of hydrogen-bond acceptors (Lipinski definition) is 2. The van der Waals surface area contributed by atoms with Gasteiger partial charge in [0.05, 0.1) is 0 Å². The highest BCUT2D eigenvalue weighted by atomic mass is 16.2. The summed E-state index contributed by atoms with van der Waals surface area (Å²) >= 11 is 0. The van der Waals surface area contributed by atoms with Gasteiger partial charge in [0.15, 0.2) is 0 Å². The first-order valence-electron chi connectivity index (χ1n) is 6.79. The van der Waals surface area contributed by atoms with Gasteiger partial charge in [-0.3, -0.25) is 9.59 Å². The minimum atomic E-state index is -0.632. The van der Waals surface area contributed by atoms with Crippen LogP contribution in [0, 0.1) is 5.92 Å². The summed E-state index contributed by atoms with van der Waals surface area (Å²) < 4.78 is 0. The van der Waals surface area contributed by atoms with Crippen LogP contribution in [-0.4, -0.2) is 17.9 Å². The van der Waals surface area contributed by atoms with Crippen molar-refractivity contribution in [2.45, 2.75) is 33.2 Å². The van der Waals surface area contributed by atoms with Gasteiger partial charge < -0.3 is 11.1 Å². The second kappa shape index (κ2) is 7.48. The molecule has 0 aromatic heterocycles. The number of benzene rings is 1. The number of nitrogens with two attached hydrogens (primary N) is 1. The highest BCUT2D eigenvalue weighted by Crippen LogP contribution is 2.13. The van der Waals surface area contributed by atoms with Crippen molar-refractivity contribution in [2.24, 2.45) is 11.7 Å². The molecule has 0 aliphatic rings. The fourth-order valence-electron chi connectivity index (χ4n) is 1.91. The molecule has 1 aromatic carbocycles. The van der Waals surface area contributed by atoms with Gasteiger partial charge in [0.25, 0.3) is 0 Å². The molecule has 0 heterocycles. The number of primary amides is 1. The molecule has 2 amide bonds. The number of nitrogens with one attached hydrogen (secondary N) is 1. The fourth-order valence-corrected chi connectivity index (χ4v) is 1.91. The Kier molecular flexibility index (Phi) is 5.97. The first-order chi connectivity index (χ1) is 9.45. The van der Waals surface area contributed by atoms with Crippen LogP contribution in [0.3, 0.4) is 0 Å². The van der Waals surface area contributed by atoms with Gasteiger partial charge >= 0.3 is 0 Å². The monoisotopic (exact) mass is 274 g/mol. The van der Waals surface area contributed by atoms with E-state index in [1.807, 2.05) is 51.1 Å². The smallest absolute Gasteiger partial charge is 0.244 e. The number of amides is 2. The Balaban J connectivity index is 2.78. The Labute approximate surface area is 120 Å². The van der Waals surface area contributed by atoms with E-state index in [0.717, 1.165) is 17.6 Å². The van der Waals surface area contributed by atoms with E-state index in [9.17, 15) is 9.59 Å². The van der Waals surface area contributed by atoms with E-state index in [4.69, 9.17) is 5.73 Å². The molecule has 0 bridgehead atoms. The summed E-state index contributed by atoms with van der Waals surface area (Å²) in [6.07, 6.45) is 2.27. The van der Waals surface area contributed by atoms with Crippen molar-refractivity contribution in [3.8, 4) is 0 Å². The normalized spacial score (nSPS) is 14.4. The number of carbonyl (C=O) groups excluding carboxylic acids is 2. The molecule has 2 atom stereocenters. The molecule has 0 radical (unpaired) electrons. The predicted molar refractivity (Wildman–Crippen MR) is 80.7 cm³/mol. The highest BCUT2D eigenvalue weighted by Gasteiger charge is 2.22. The lowest BCUT2D eigenvalue weighted by atomic mass is 9.98. The first kappa shape index (κ1) is 16.0. The van der Waals surface area contributed by atoms with Gasteiger partial charge in [-0.25, -0.2) is 0 Å². The second-order valence-electron chi connectivity index (χ2n) is 4.97. The molecule has 2 unspecified atom stereocenters. The maximum atomic E-state index is 12.0. The van der Waals surface area contributed by atoms with Crippen LogP contribution in [0.15, 0.2) is 36.4 Å². The van der Waals surface area contributed by atoms with Gasteiger partial charge in [-0.2, -0.15) is 0 Å². The minimum absolute atomic E-state index is 0.0156. The standard InChI is InChI=1S/C16H22N2O2/c1-4-11(2)15(16(17)20)18-14(19)10-12(3)13-8-6-5-7-9-13/h5-11,15H,4H2,1-3H3,(H2,17,20)(H,18,19). The van der Waals surface area contributed by atoms with Crippen molar-refractivity contribution in [1.29, 1.82) is 0 Å². The molecule has 0 saturated carbocycles. The maximum Gasteiger partial charge on any atom is 0.244 e. The van der Waals surface area contributed by atoms with Crippen molar-refractivity contribution in [3.05, 3.63) is 42.0 Å². The van der Waals surface area contributed by atoms with E-state index in [-0.39, 0.29) is 11.8 Å². The number of rotatable bonds is 6. The summed E-state index contributed by atoms with van der Waals surface area (Å²) in [5.41, 5.74) is 7.15. The molecule has 0 aliphatic heterocycles. The molecule has 0 saturated heterocycles. The quantitative estimate of drug-likeness (QED) is 0.780. The Morgan fingerprint density at radius 2 is 1.90 bits per heavy atom. The summed E-state index contributed by atoms with van der Waals surface area (Å²) in [6.45, 7) is 5.71. The van der Waals surface area contributed by atoms with E-state index >= 15 is 0 Å². The summed E-state index contributed by atoms with van der Waals surface area (Å²) in [6, 6.07) is 8.97. The van der Waals surface area contributed by atoms with Crippen molar-refractivity contribution < 1.29 is 9.59 Å². The van der Waals surface area contributed by atoms with Crippen molar-refractivity contribution >= 4 is 17.4 Å². The van der Waals surface area contributed by atoms with Crippen LogP contribution >= 0.6 is 0 Å². The molecular formula is C16H22N2O2. The molecule has 20 heavy (non-hydrogen) atoms. The van der Waals surface area contributed by atoms with Crippen molar-refractivity contribution in [2.75, 3.05) is 0 Å². The molecule has 0 fully saturated rings. The molecular weight excluding hydrogens is 252 g/mol. The van der Waals surface area contributed by atoms with E-state index in [0.29, 0.717) is 0 Å².